The Hall–Kier alpha value is -3.07. The van der Waals surface area contributed by atoms with E-state index in [1.807, 2.05) is 6.92 Å². The minimum atomic E-state index is -0.532. The maximum atomic E-state index is 12.2. The first-order valence-electron chi connectivity index (χ1n) is 8.88. The number of anilines is 1. The van der Waals surface area contributed by atoms with Crippen LogP contribution in [0.1, 0.15) is 30.1 Å². The molecule has 0 atom stereocenters. The van der Waals surface area contributed by atoms with Crippen molar-refractivity contribution in [3.05, 3.63) is 52.5 Å². The van der Waals surface area contributed by atoms with Gasteiger partial charge in [0.25, 0.3) is 5.91 Å². The zero-order valence-electron chi connectivity index (χ0n) is 16.1. The Kier molecular flexibility index (Phi) is 8.47. The molecule has 3 amide bonds. The molecule has 0 radical (unpaired) electrons. The first kappa shape index (κ1) is 22.2. The van der Waals surface area contributed by atoms with Gasteiger partial charge in [-0.3, -0.25) is 25.2 Å². The number of carbonyl (C=O) groups excluding carboxylic acids is 3. The molecule has 8 nitrogen and oxygen atoms in total. The number of hydrogen-bond donors (Lipinski definition) is 3. The fraction of sp³-hybridized carbons (Fsp3) is 0.250. The second kappa shape index (κ2) is 11.1. The molecule has 0 fully saturated rings. The summed E-state index contributed by atoms with van der Waals surface area (Å²) in [6.07, 6.45) is -0.117. The van der Waals surface area contributed by atoms with Crippen LogP contribution in [0, 0.1) is 0 Å². The summed E-state index contributed by atoms with van der Waals surface area (Å²) >= 11 is 3.28. The summed E-state index contributed by atoms with van der Waals surface area (Å²) in [6, 6.07) is 11.9. The number of nitrogens with one attached hydrogen (secondary N) is 3. The van der Waals surface area contributed by atoms with E-state index in [-0.39, 0.29) is 24.3 Å². The molecule has 2 aromatic carbocycles. The first-order chi connectivity index (χ1) is 13.9. The first-order valence-corrected chi connectivity index (χ1v) is 9.67. The summed E-state index contributed by atoms with van der Waals surface area (Å²) in [5, 5.41) is 2.70. The average molecular weight is 464 g/mol. The number of carbonyl (C=O) groups is 3. The second-order valence-electron chi connectivity index (χ2n) is 5.85. The summed E-state index contributed by atoms with van der Waals surface area (Å²) in [4.78, 5) is 36.1. The molecule has 29 heavy (non-hydrogen) atoms. The Labute approximate surface area is 177 Å². The lowest BCUT2D eigenvalue weighted by atomic mass is 10.2. The third-order valence-corrected chi connectivity index (χ3v) is 4.24. The third-order valence-electron chi connectivity index (χ3n) is 3.75. The van der Waals surface area contributed by atoms with Gasteiger partial charge in [0, 0.05) is 23.0 Å². The van der Waals surface area contributed by atoms with Gasteiger partial charge in [-0.15, -0.1) is 0 Å². The molecule has 154 valence electrons. The molecule has 0 spiro atoms. The molecule has 0 bridgehead atoms. The molecule has 2 aromatic rings. The van der Waals surface area contributed by atoms with Crippen molar-refractivity contribution in [1.29, 1.82) is 0 Å². The molecule has 2 rings (SSSR count). The van der Waals surface area contributed by atoms with Gasteiger partial charge in [0.2, 0.25) is 11.8 Å². The molecule has 0 aliphatic carbocycles. The van der Waals surface area contributed by atoms with E-state index in [1.54, 1.807) is 42.5 Å². The Morgan fingerprint density at radius 3 is 2.31 bits per heavy atom. The van der Waals surface area contributed by atoms with Crippen molar-refractivity contribution < 1.29 is 23.9 Å². The highest BCUT2D eigenvalue weighted by Crippen LogP contribution is 2.22. The number of halogens is 1. The molecule has 0 heterocycles. The zero-order valence-corrected chi connectivity index (χ0v) is 17.7. The van der Waals surface area contributed by atoms with E-state index >= 15 is 0 Å². The fourth-order valence-electron chi connectivity index (χ4n) is 2.37. The smallest absolute Gasteiger partial charge is 0.273 e. The summed E-state index contributed by atoms with van der Waals surface area (Å²) in [6.45, 7) is 2.45. The molecule has 0 aliphatic rings. The highest BCUT2D eigenvalue weighted by molar-refractivity contribution is 9.10. The van der Waals surface area contributed by atoms with Crippen molar-refractivity contribution in [2.24, 2.45) is 0 Å². The standard InChI is InChI=1S/C20H22BrN3O5/c1-3-29-15-7-5-14(6-8-15)22-18(25)10-11-19(26)23-24-20(27)16-12-13(21)4-9-17(16)28-2/h4-9,12H,3,10-11H2,1-2H3,(H,22,25)(H,23,26)(H,24,27). The van der Waals surface area contributed by atoms with Crippen molar-refractivity contribution >= 4 is 39.3 Å². The van der Waals surface area contributed by atoms with Crippen LogP contribution in [0.3, 0.4) is 0 Å². The minimum Gasteiger partial charge on any atom is -0.496 e. The number of hydrazine groups is 1. The SMILES string of the molecule is CCOc1ccc(NC(=O)CCC(=O)NNC(=O)c2cc(Br)ccc2OC)cc1. The molecule has 0 saturated carbocycles. The maximum absolute atomic E-state index is 12.2. The second-order valence-corrected chi connectivity index (χ2v) is 6.77. The molecule has 0 unspecified atom stereocenters. The minimum absolute atomic E-state index is 0.0326. The van der Waals surface area contributed by atoms with E-state index in [4.69, 9.17) is 9.47 Å². The lowest BCUT2D eigenvalue weighted by Gasteiger charge is -2.11. The van der Waals surface area contributed by atoms with Crippen LogP contribution in [0.5, 0.6) is 11.5 Å². The van der Waals surface area contributed by atoms with Crippen molar-refractivity contribution in [2.75, 3.05) is 19.0 Å². The number of amides is 3. The van der Waals surface area contributed by atoms with Crippen LogP contribution < -0.4 is 25.6 Å². The van der Waals surface area contributed by atoms with Gasteiger partial charge in [-0.05, 0) is 49.4 Å². The molecule has 3 N–H and O–H groups in total. The van der Waals surface area contributed by atoms with Gasteiger partial charge in [0.15, 0.2) is 0 Å². The quantitative estimate of drug-likeness (QED) is 0.521. The van der Waals surface area contributed by atoms with Gasteiger partial charge in [-0.1, -0.05) is 15.9 Å². The van der Waals surface area contributed by atoms with Crippen LogP contribution in [0.2, 0.25) is 0 Å². The predicted molar refractivity (Wildman–Crippen MR) is 112 cm³/mol. The zero-order chi connectivity index (χ0) is 21.2. The van der Waals surface area contributed by atoms with E-state index in [0.717, 1.165) is 0 Å². The van der Waals surface area contributed by atoms with E-state index in [2.05, 4.69) is 32.1 Å². The van der Waals surface area contributed by atoms with E-state index in [9.17, 15) is 14.4 Å². The maximum Gasteiger partial charge on any atom is 0.273 e. The number of hydrogen-bond acceptors (Lipinski definition) is 5. The van der Waals surface area contributed by atoms with Crippen LogP contribution >= 0.6 is 15.9 Å². The molecule has 0 saturated heterocycles. The number of rotatable bonds is 8. The summed E-state index contributed by atoms with van der Waals surface area (Å²) in [5.74, 6) is -0.258. The summed E-state index contributed by atoms with van der Waals surface area (Å²) < 4.78 is 11.2. The summed E-state index contributed by atoms with van der Waals surface area (Å²) in [7, 11) is 1.45. The molecule has 0 aliphatic heterocycles. The van der Waals surface area contributed by atoms with Gasteiger partial charge in [-0.2, -0.15) is 0 Å². The molecule has 9 heteroatoms. The van der Waals surface area contributed by atoms with Crippen molar-refractivity contribution in [3.8, 4) is 11.5 Å². The van der Waals surface area contributed by atoms with Crippen LogP contribution in [0.4, 0.5) is 5.69 Å². The van der Waals surface area contributed by atoms with E-state index in [1.165, 1.54) is 7.11 Å². The van der Waals surface area contributed by atoms with Gasteiger partial charge in [0.1, 0.15) is 11.5 Å². The van der Waals surface area contributed by atoms with Crippen molar-refractivity contribution in [3.63, 3.8) is 0 Å². The lowest BCUT2D eigenvalue weighted by Crippen LogP contribution is -2.41. The highest BCUT2D eigenvalue weighted by Gasteiger charge is 2.14. The Morgan fingerprint density at radius 1 is 0.966 bits per heavy atom. The monoisotopic (exact) mass is 463 g/mol. The van der Waals surface area contributed by atoms with Gasteiger partial charge < -0.3 is 14.8 Å². The van der Waals surface area contributed by atoms with Gasteiger partial charge in [-0.25, -0.2) is 0 Å². The Morgan fingerprint density at radius 2 is 1.66 bits per heavy atom. The normalized spacial score (nSPS) is 10.0. The number of ether oxygens (including phenoxy) is 2. The number of benzene rings is 2. The van der Waals surface area contributed by atoms with Gasteiger partial charge in [0.05, 0.1) is 19.3 Å². The predicted octanol–water partition coefficient (Wildman–Crippen LogP) is 3.04. The van der Waals surface area contributed by atoms with Crippen molar-refractivity contribution in [1.82, 2.24) is 10.9 Å². The van der Waals surface area contributed by atoms with Crippen LogP contribution in [-0.2, 0) is 9.59 Å². The fourth-order valence-corrected chi connectivity index (χ4v) is 2.73. The Bertz CT molecular complexity index is 871. The highest BCUT2D eigenvalue weighted by atomic mass is 79.9. The van der Waals surface area contributed by atoms with Crippen molar-refractivity contribution in [2.45, 2.75) is 19.8 Å². The van der Waals surface area contributed by atoms with Crippen LogP contribution in [0.15, 0.2) is 46.9 Å². The molecular formula is C20H22BrN3O5. The van der Waals surface area contributed by atoms with E-state index < -0.39 is 11.8 Å². The molecular weight excluding hydrogens is 442 g/mol. The average Bonchev–Trinajstić information content (AvgIpc) is 2.72. The topological polar surface area (TPSA) is 106 Å². The van der Waals surface area contributed by atoms with Gasteiger partial charge >= 0.3 is 0 Å². The Balaban J connectivity index is 1.77. The van der Waals surface area contributed by atoms with Crippen LogP contribution in [-0.4, -0.2) is 31.4 Å². The summed E-state index contributed by atoms with van der Waals surface area (Å²) in [5.41, 5.74) is 5.46. The van der Waals surface area contributed by atoms with Crippen LogP contribution in [0.25, 0.3) is 0 Å². The molecule has 0 aromatic heterocycles. The van der Waals surface area contributed by atoms with E-state index in [0.29, 0.717) is 28.3 Å². The largest absolute Gasteiger partial charge is 0.496 e. The number of methoxy groups -OCH3 is 1. The third kappa shape index (κ3) is 7.11. The lowest BCUT2D eigenvalue weighted by molar-refractivity contribution is -0.124.